The Bertz CT molecular complexity index is 2080. The van der Waals surface area contributed by atoms with Gasteiger partial charge in [0, 0.05) is 11.0 Å². The van der Waals surface area contributed by atoms with Gasteiger partial charge in [0.05, 0.1) is 19.0 Å². The number of anilines is 1. The predicted octanol–water partition coefficient (Wildman–Crippen LogP) is 3.53. The number of nitrogens with zero attached hydrogens (tertiary/aromatic N) is 3. The summed E-state index contributed by atoms with van der Waals surface area (Å²) in [5, 5.41) is 31.0. The molecule has 0 spiro atoms. The molecule has 0 saturated carbocycles. The van der Waals surface area contributed by atoms with Crippen LogP contribution in [0.25, 0.3) is 43.5 Å². The summed E-state index contributed by atoms with van der Waals surface area (Å²) in [5.74, 6) is 0.138. The Kier molecular flexibility index (Phi) is 5.42. The summed E-state index contributed by atoms with van der Waals surface area (Å²) in [6, 6.07) is 15.8. The third-order valence-corrected chi connectivity index (χ3v) is 8.73. The number of nitrogens with one attached hydrogen (secondary N) is 2. The smallest absolute Gasteiger partial charge is 0.394 e. The van der Waals surface area contributed by atoms with E-state index in [9.17, 15) is 24.5 Å². The third-order valence-electron chi connectivity index (χ3n) is 8.28. The highest BCUT2D eigenvalue weighted by molar-refractivity contribution is 7.32. The topological polar surface area (TPSA) is 172 Å². The van der Waals surface area contributed by atoms with E-state index in [1.54, 1.807) is 0 Å². The molecule has 4 aromatic carbocycles. The van der Waals surface area contributed by atoms with Crippen LogP contribution in [-0.4, -0.2) is 53.4 Å². The van der Waals surface area contributed by atoms with E-state index < -0.39 is 51.0 Å². The van der Waals surface area contributed by atoms with E-state index in [0.717, 1.165) is 43.4 Å². The van der Waals surface area contributed by atoms with Crippen molar-refractivity contribution in [3.63, 3.8) is 0 Å². The molecular formula is C28H23N5O7P+. The zero-order valence-corrected chi connectivity index (χ0v) is 22.2. The molecule has 5 N–H and O–H groups in total. The molecule has 1 saturated heterocycles. The molecular weight excluding hydrogens is 549 g/mol. The lowest BCUT2D eigenvalue weighted by Crippen LogP contribution is -2.25. The summed E-state index contributed by atoms with van der Waals surface area (Å²) in [5.41, 5.74) is 1.52. The number of aromatic nitrogens is 4. The monoisotopic (exact) mass is 572 g/mol. The number of hydrogen-bond acceptors (Lipinski definition) is 9. The number of benzene rings is 4. The highest BCUT2D eigenvalue weighted by Gasteiger charge is 2.42. The van der Waals surface area contributed by atoms with Gasteiger partial charge >= 0.3 is 8.25 Å². The Morgan fingerprint density at radius 1 is 1.10 bits per heavy atom. The van der Waals surface area contributed by atoms with Gasteiger partial charge in [0.1, 0.15) is 24.5 Å². The average Bonchev–Trinajstić information content (AvgIpc) is 3.64. The molecule has 0 amide bonds. The minimum atomic E-state index is -2.90. The van der Waals surface area contributed by atoms with Crippen molar-refractivity contribution in [3.05, 3.63) is 76.3 Å². The molecule has 8 rings (SSSR count). The summed E-state index contributed by atoms with van der Waals surface area (Å²) in [6.07, 6.45) is -1.76. The quantitative estimate of drug-likeness (QED) is 0.147. The first-order chi connectivity index (χ1) is 19.9. The van der Waals surface area contributed by atoms with Crippen molar-refractivity contribution in [1.82, 2.24) is 19.5 Å². The Hall–Kier alpha value is -4.03. The van der Waals surface area contributed by atoms with Gasteiger partial charge in [0.2, 0.25) is 5.95 Å². The number of fused-ring (bicyclic) bond motifs is 1. The maximum absolute atomic E-state index is 13.0. The summed E-state index contributed by atoms with van der Waals surface area (Å²) in [4.78, 5) is 33.7. The third kappa shape index (κ3) is 3.63. The van der Waals surface area contributed by atoms with Crippen LogP contribution in [0.2, 0.25) is 0 Å². The number of H-pyrrole nitrogens is 1. The van der Waals surface area contributed by atoms with E-state index in [2.05, 4.69) is 38.5 Å². The molecule has 6 aromatic rings. The van der Waals surface area contributed by atoms with Crippen molar-refractivity contribution in [2.45, 2.75) is 37.0 Å². The molecule has 0 bridgehead atoms. The summed E-state index contributed by atoms with van der Waals surface area (Å²) in [6.45, 7) is -0.419. The molecule has 0 radical (unpaired) electrons. The van der Waals surface area contributed by atoms with Gasteiger partial charge < -0.3 is 20.3 Å². The molecule has 6 atom stereocenters. The van der Waals surface area contributed by atoms with Gasteiger partial charge in [-0.3, -0.25) is 14.3 Å². The fourth-order valence-electron chi connectivity index (χ4n) is 6.52. The first-order valence-corrected chi connectivity index (χ1v) is 14.3. The van der Waals surface area contributed by atoms with Crippen molar-refractivity contribution in [3.8, 4) is 0 Å². The zero-order chi connectivity index (χ0) is 28.0. The molecule has 13 heteroatoms. The van der Waals surface area contributed by atoms with Crippen LogP contribution in [-0.2, 0) is 13.8 Å². The molecule has 1 aliphatic carbocycles. The minimum Gasteiger partial charge on any atom is -0.394 e. The maximum atomic E-state index is 13.0. The van der Waals surface area contributed by atoms with Crippen molar-refractivity contribution < 1.29 is 28.9 Å². The van der Waals surface area contributed by atoms with Crippen LogP contribution < -0.4 is 10.9 Å². The molecule has 1 aliphatic heterocycles. The summed E-state index contributed by atoms with van der Waals surface area (Å²) < 4.78 is 23.6. The summed E-state index contributed by atoms with van der Waals surface area (Å²) in [7, 11) is -2.90. The van der Waals surface area contributed by atoms with E-state index in [1.807, 2.05) is 30.3 Å². The molecule has 3 heterocycles. The van der Waals surface area contributed by atoms with Crippen LogP contribution in [0.4, 0.5) is 5.95 Å². The minimum absolute atomic E-state index is 0.0759. The highest BCUT2D eigenvalue weighted by Crippen LogP contribution is 2.50. The second kappa shape index (κ2) is 8.98. The van der Waals surface area contributed by atoms with Crippen LogP contribution in [0.1, 0.15) is 35.9 Å². The number of imidazole rings is 1. The Morgan fingerprint density at radius 3 is 2.68 bits per heavy atom. The maximum Gasteiger partial charge on any atom is 0.695 e. The molecule has 1 unspecified atom stereocenters. The Morgan fingerprint density at radius 2 is 1.88 bits per heavy atom. The van der Waals surface area contributed by atoms with E-state index in [0.29, 0.717) is 0 Å². The van der Waals surface area contributed by atoms with Crippen molar-refractivity contribution in [1.29, 1.82) is 0 Å². The number of aliphatic hydroxyl groups excluding tert-OH is 2. The molecule has 2 aromatic heterocycles. The predicted molar refractivity (Wildman–Crippen MR) is 150 cm³/mol. The number of hydrogen-bond donors (Lipinski definition) is 5. The molecule has 12 nitrogen and oxygen atoms in total. The van der Waals surface area contributed by atoms with Crippen LogP contribution in [0, 0.1) is 0 Å². The first-order valence-electron chi connectivity index (χ1n) is 13.1. The van der Waals surface area contributed by atoms with Gasteiger partial charge in [-0.15, -0.1) is 9.42 Å². The fourth-order valence-corrected chi connectivity index (χ4v) is 6.98. The number of rotatable bonds is 6. The Balaban J connectivity index is 1.19. The normalized spacial score (nSPS) is 24.4. The van der Waals surface area contributed by atoms with Crippen LogP contribution in [0.5, 0.6) is 0 Å². The van der Waals surface area contributed by atoms with Gasteiger partial charge in [-0.1, -0.05) is 42.5 Å². The van der Waals surface area contributed by atoms with Gasteiger partial charge in [-0.25, -0.2) is 4.98 Å². The van der Waals surface area contributed by atoms with Crippen LogP contribution >= 0.6 is 8.25 Å². The second-order valence-corrected chi connectivity index (χ2v) is 11.2. The SMILES string of the molecule is O=c1[nH]c(N[C@@H]2c3ccc4ccc5cccc6cc(c3c4c56)[C@H]2O)nc2c1ncn2[C@H]1C[C@H](O[P+](=O)O)[C@@H](CO)O1. The average molecular weight is 572 g/mol. The van der Waals surface area contributed by atoms with Crippen LogP contribution in [0.3, 0.4) is 0 Å². The number of ether oxygens (including phenoxy) is 1. The van der Waals surface area contributed by atoms with Gasteiger partial charge in [0.15, 0.2) is 11.2 Å². The molecule has 2 aliphatic rings. The standard InChI is InChI=1S/C28H22N5O7P/c34-10-18-17(40-41(37)38)9-19(39-18)33-11-29-24-26(33)31-28(32-27(24)36)30-23-15-7-6-13-5-4-12-2-1-3-14-8-16(25(23)35)22(15)21(13)20(12)14/h1-8,11,17-19,23,25,34-35H,9-10H2,(H2-,30,31,32,36,37,38)/p+1/t17-,18+,19+,23+,25+/m0/s1. The highest BCUT2D eigenvalue weighted by atomic mass is 31.1. The van der Waals surface area contributed by atoms with Gasteiger partial charge in [0.25, 0.3) is 5.56 Å². The molecule has 1 fully saturated rings. The van der Waals surface area contributed by atoms with Gasteiger partial charge in [-0.05, 0) is 49.5 Å². The molecule has 206 valence electrons. The lowest BCUT2D eigenvalue weighted by Gasteiger charge is -2.19. The van der Waals surface area contributed by atoms with Crippen molar-refractivity contribution >= 4 is 57.7 Å². The second-order valence-electron chi connectivity index (χ2n) is 10.5. The van der Waals surface area contributed by atoms with E-state index in [1.165, 1.54) is 10.9 Å². The fraction of sp³-hybridized carbons (Fsp3) is 0.250. The Labute approximate surface area is 231 Å². The van der Waals surface area contributed by atoms with Crippen LogP contribution in [0.15, 0.2) is 59.7 Å². The number of aromatic amines is 1. The van der Waals surface area contributed by atoms with Crippen molar-refractivity contribution in [2.24, 2.45) is 0 Å². The lowest BCUT2D eigenvalue weighted by atomic mass is 9.91. The lowest BCUT2D eigenvalue weighted by molar-refractivity contribution is -0.0394. The first kappa shape index (κ1) is 24.7. The zero-order valence-electron chi connectivity index (χ0n) is 21.3. The number of aliphatic hydroxyl groups is 2. The van der Waals surface area contributed by atoms with Crippen molar-refractivity contribution in [2.75, 3.05) is 11.9 Å². The molecule has 41 heavy (non-hydrogen) atoms. The summed E-state index contributed by atoms with van der Waals surface area (Å²) >= 11 is 0. The largest absolute Gasteiger partial charge is 0.695 e. The van der Waals surface area contributed by atoms with E-state index >= 15 is 0 Å². The van der Waals surface area contributed by atoms with E-state index in [-0.39, 0.29) is 23.5 Å². The van der Waals surface area contributed by atoms with Gasteiger partial charge in [-0.2, -0.15) is 4.98 Å². The van der Waals surface area contributed by atoms with E-state index in [4.69, 9.17) is 9.26 Å².